The zero-order valence-electron chi connectivity index (χ0n) is 18.1. The van der Waals surface area contributed by atoms with Crippen molar-refractivity contribution in [1.29, 1.82) is 10.5 Å². The molecule has 0 saturated carbocycles. The monoisotopic (exact) mass is 418 g/mol. The molecule has 0 aromatic heterocycles. The Balaban J connectivity index is 2.62. The fraction of sp³-hybridized carbons (Fsp3) is 0.667. The third kappa shape index (κ3) is 9.42. The highest BCUT2D eigenvalue weighted by Gasteiger charge is 2.19. The van der Waals surface area contributed by atoms with Gasteiger partial charge in [-0.25, -0.2) is 0 Å². The first-order valence-electron chi connectivity index (χ1n) is 11.1. The molecule has 5 heteroatoms. The predicted molar refractivity (Wildman–Crippen MR) is 119 cm³/mol. The van der Waals surface area contributed by atoms with E-state index in [-0.39, 0.29) is 11.1 Å². The summed E-state index contributed by atoms with van der Waals surface area (Å²) < 4.78 is 11.6. The lowest BCUT2D eigenvalue weighted by Gasteiger charge is -2.14. The van der Waals surface area contributed by atoms with Gasteiger partial charge < -0.3 is 9.47 Å². The van der Waals surface area contributed by atoms with Gasteiger partial charge in [0.25, 0.3) is 0 Å². The average Bonchev–Trinajstić information content (AvgIpc) is 2.73. The van der Waals surface area contributed by atoms with Gasteiger partial charge in [0, 0.05) is 6.07 Å². The van der Waals surface area contributed by atoms with Crippen LogP contribution in [0.1, 0.15) is 102 Å². The number of halogens is 1. The molecule has 0 aliphatic heterocycles. The molecule has 0 fully saturated rings. The molecule has 0 N–H and O–H groups in total. The molecule has 0 saturated heterocycles. The van der Waals surface area contributed by atoms with Crippen LogP contribution in [0.3, 0.4) is 0 Å². The second kappa shape index (κ2) is 15.9. The van der Waals surface area contributed by atoms with Crippen molar-refractivity contribution in [2.75, 3.05) is 13.2 Å². The quantitative estimate of drug-likeness (QED) is 0.260. The summed E-state index contributed by atoms with van der Waals surface area (Å²) in [6, 6.07) is 5.77. The molecule has 1 aromatic rings. The normalized spacial score (nSPS) is 10.4. The molecule has 1 rings (SSSR count). The zero-order valence-corrected chi connectivity index (χ0v) is 18.8. The summed E-state index contributed by atoms with van der Waals surface area (Å²) in [4.78, 5) is 0. The minimum Gasteiger partial charge on any atom is -0.492 e. The summed E-state index contributed by atoms with van der Waals surface area (Å²) >= 11 is 6.36. The summed E-state index contributed by atoms with van der Waals surface area (Å²) in [5, 5.41) is 19.5. The highest BCUT2D eigenvalue weighted by atomic mass is 35.5. The maximum absolute atomic E-state index is 9.58. The van der Waals surface area contributed by atoms with Crippen molar-refractivity contribution >= 4 is 11.6 Å². The van der Waals surface area contributed by atoms with Crippen molar-refractivity contribution in [1.82, 2.24) is 0 Å². The van der Waals surface area contributed by atoms with Gasteiger partial charge in [-0.15, -0.1) is 0 Å². The number of rotatable bonds is 16. The zero-order chi connectivity index (χ0) is 21.3. The van der Waals surface area contributed by atoms with Gasteiger partial charge >= 0.3 is 0 Å². The van der Waals surface area contributed by atoms with E-state index in [0.29, 0.717) is 29.7 Å². The van der Waals surface area contributed by atoms with Crippen molar-refractivity contribution < 1.29 is 9.47 Å². The van der Waals surface area contributed by atoms with Crippen molar-refractivity contribution in [2.45, 2.75) is 90.9 Å². The third-order valence-corrected chi connectivity index (χ3v) is 5.20. The molecule has 0 amide bonds. The molecule has 0 atom stereocenters. The molecule has 0 spiro atoms. The molecule has 29 heavy (non-hydrogen) atoms. The molecule has 0 unspecified atom stereocenters. The smallest absolute Gasteiger partial charge is 0.157 e. The van der Waals surface area contributed by atoms with Gasteiger partial charge in [-0.1, -0.05) is 89.7 Å². The van der Waals surface area contributed by atoms with E-state index in [2.05, 4.69) is 26.0 Å². The van der Waals surface area contributed by atoms with Gasteiger partial charge in [0.1, 0.15) is 29.0 Å². The van der Waals surface area contributed by atoms with E-state index < -0.39 is 0 Å². The summed E-state index contributed by atoms with van der Waals surface area (Å²) in [6.45, 7) is 5.40. The second-order valence-corrected chi connectivity index (χ2v) is 7.80. The first kappa shape index (κ1) is 25.1. The summed E-state index contributed by atoms with van der Waals surface area (Å²) in [5.41, 5.74) is 0.379. The van der Waals surface area contributed by atoms with Crippen LogP contribution in [0.4, 0.5) is 0 Å². The lowest BCUT2D eigenvalue weighted by Crippen LogP contribution is -2.05. The van der Waals surface area contributed by atoms with E-state index in [1.54, 1.807) is 6.07 Å². The van der Waals surface area contributed by atoms with Crippen LogP contribution in [0.25, 0.3) is 0 Å². The summed E-state index contributed by atoms with van der Waals surface area (Å²) in [7, 11) is 0. The van der Waals surface area contributed by atoms with Crippen molar-refractivity contribution in [3.8, 4) is 23.6 Å². The van der Waals surface area contributed by atoms with E-state index in [9.17, 15) is 10.5 Å². The van der Waals surface area contributed by atoms with Crippen LogP contribution >= 0.6 is 11.6 Å². The number of unbranched alkanes of at least 4 members (excludes halogenated alkanes) is 10. The Morgan fingerprint density at radius 3 is 1.72 bits per heavy atom. The van der Waals surface area contributed by atoms with Gasteiger partial charge in [0.2, 0.25) is 0 Å². The Kier molecular flexibility index (Phi) is 13.8. The Morgan fingerprint density at radius 1 is 0.724 bits per heavy atom. The molecule has 0 heterocycles. The van der Waals surface area contributed by atoms with Gasteiger partial charge in [-0.05, 0) is 12.8 Å². The highest BCUT2D eigenvalue weighted by molar-refractivity contribution is 6.32. The van der Waals surface area contributed by atoms with Crippen molar-refractivity contribution in [2.24, 2.45) is 0 Å². The molecule has 0 aliphatic carbocycles. The van der Waals surface area contributed by atoms with Crippen LogP contribution in [0, 0.1) is 22.7 Å². The summed E-state index contributed by atoms with van der Waals surface area (Å²) in [6.07, 6.45) is 13.9. The Bertz CT molecular complexity index is 677. The van der Waals surface area contributed by atoms with Crippen molar-refractivity contribution in [3.63, 3.8) is 0 Å². The van der Waals surface area contributed by atoms with E-state index in [1.165, 1.54) is 51.4 Å². The fourth-order valence-corrected chi connectivity index (χ4v) is 3.45. The Labute approximate surface area is 181 Å². The van der Waals surface area contributed by atoms with Gasteiger partial charge in [-0.3, -0.25) is 0 Å². The van der Waals surface area contributed by atoms with Gasteiger partial charge in [0.05, 0.1) is 18.2 Å². The number of hydrogen-bond donors (Lipinski definition) is 0. The van der Waals surface area contributed by atoms with Crippen LogP contribution in [0.15, 0.2) is 6.07 Å². The molecular formula is C24H35ClN2O2. The van der Waals surface area contributed by atoms with Crippen LogP contribution in [0.2, 0.25) is 5.02 Å². The number of nitriles is 2. The maximum Gasteiger partial charge on any atom is 0.157 e. The van der Waals surface area contributed by atoms with Crippen LogP contribution < -0.4 is 9.47 Å². The molecule has 4 nitrogen and oxygen atoms in total. The molecule has 160 valence electrons. The molecule has 1 aromatic carbocycles. The van der Waals surface area contributed by atoms with Crippen LogP contribution in [-0.2, 0) is 0 Å². The fourth-order valence-electron chi connectivity index (χ4n) is 3.20. The number of benzene rings is 1. The topological polar surface area (TPSA) is 66.0 Å². The maximum atomic E-state index is 9.58. The highest BCUT2D eigenvalue weighted by Crippen LogP contribution is 2.37. The molecule has 0 bridgehead atoms. The first-order valence-corrected chi connectivity index (χ1v) is 11.5. The second-order valence-electron chi connectivity index (χ2n) is 7.39. The summed E-state index contributed by atoms with van der Waals surface area (Å²) in [5.74, 6) is 0.667. The lowest BCUT2D eigenvalue weighted by molar-refractivity contribution is 0.295. The SMILES string of the molecule is CCCCCCCCOc1cc(Cl)c(OCCCCCCCC)c(C#N)c1C#N. The van der Waals surface area contributed by atoms with E-state index in [0.717, 1.165) is 25.7 Å². The van der Waals surface area contributed by atoms with Crippen LogP contribution in [0.5, 0.6) is 11.5 Å². The largest absolute Gasteiger partial charge is 0.492 e. The minimum atomic E-state index is 0.170. The number of hydrogen-bond acceptors (Lipinski definition) is 4. The standard InChI is InChI=1S/C24H35ClN2O2/c1-3-5-7-9-11-13-15-28-23-17-22(25)24(21(19-27)20(23)18-26)29-16-14-12-10-8-6-4-2/h17H,3-16H2,1-2H3. The van der Waals surface area contributed by atoms with Gasteiger partial charge in [-0.2, -0.15) is 10.5 Å². The Morgan fingerprint density at radius 2 is 1.21 bits per heavy atom. The van der Waals surface area contributed by atoms with E-state index in [4.69, 9.17) is 21.1 Å². The lowest BCUT2D eigenvalue weighted by atomic mass is 10.1. The molecule has 0 radical (unpaired) electrons. The predicted octanol–water partition coefficient (Wildman–Crippen LogP) is 7.56. The third-order valence-electron chi connectivity index (χ3n) is 4.92. The first-order chi connectivity index (χ1) is 14.2. The van der Waals surface area contributed by atoms with Crippen LogP contribution in [-0.4, -0.2) is 13.2 Å². The molecular weight excluding hydrogens is 384 g/mol. The number of nitrogens with zero attached hydrogens (tertiary/aromatic N) is 2. The molecule has 0 aliphatic rings. The van der Waals surface area contributed by atoms with E-state index >= 15 is 0 Å². The minimum absolute atomic E-state index is 0.170. The van der Waals surface area contributed by atoms with E-state index in [1.807, 2.05) is 0 Å². The van der Waals surface area contributed by atoms with Gasteiger partial charge in [0.15, 0.2) is 5.75 Å². The van der Waals surface area contributed by atoms with Crippen molar-refractivity contribution in [3.05, 3.63) is 22.2 Å². The average molecular weight is 419 g/mol. The Hall–Kier alpha value is -1.91. The number of ether oxygens (including phenoxy) is 2.